The number of nitrogens with zero attached hydrogens (tertiary/aromatic N) is 1. The summed E-state index contributed by atoms with van der Waals surface area (Å²) in [5.41, 5.74) is 0.0133. The number of piperidine rings is 1. The Kier molecular flexibility index (Phi) is 1.48. The van der Waals surface area contributed by atoms with Crippen LogP contribution in [0, 0.1) is 11.3 Å². The van der Waals surface area contributed by atoms with Gasteiger partial charge in [-0.3, -0.25) is 4.79 Å². The molecule has 3 aliphatic rings. The molecule has 3 atom stereocenters. The van der Waals surface area contributed by atoms with E-state index in [2.05, 4.69) is 10.2 Å². The van der Waals surface area contributed by atoms with Crippen LogP contribution in [0.3, 0.4) is 0 Å². The van der Waals surface area contributed by atoms with Gasteiger partial charge >= 0.3 is 0 Å². The lowest BCUT2D eigenvalue weighted by Crippen LogP contribution is -2.46. The summed E-state index contributed by atoms with van der Waals surface area (Å²) in [5, 5.41) is 2.98. The molecule has 0 saturated carbocycles. The number of fused-ring (bicyclic) bond motifs is 2. The van der Waals surface area contributed by atoms with Crippen LogP contribution >= 0.6 is 0 Å². The lowest BCUT2D eigenvalue weighted by atomic mass is 9.75. The van der Waals surface area contributed by atoms with Gasteiger partial charge in [0.05, 0.1) is 5.41 Å². The number of amides is 1. The number of rotatable bonds is 0. The van der Waals surface area contributed by atoms with Gasteiger partial charge in [-0.05, 0) is 31.7 Å². The van der Waals surface area contributed by atoms with E-state index in [0.29, 0.717) is 5.91 Å². The largest absolute Gasteiger partial charge is 0.356 e. The zero-order chi connectivity index (χ0) is 8.89. The van der Waals surface area contributed by atoms with Crippen LogP contribution in [0.4, 0.5) is 0 Å². The molecule has 3 aliphatic heterocycles. The van der Waals surface area contributed by atoms with Crippen LogP contribution in [-0.2, 0) is 4.79 Å². The van der Waals surface area contributed by atoms with Crippen LogP contribution in [0.25, 0.3) is 0 Å². The van der Waals surface area contributed by atoms with Gasteiger partial charge in [-0.1, -0.05) is 0 Å². The van der Waals surface area contributed by atoms with Crippen LogP contribution in [0.15, 0.2) is 0 Å². The van der Waals surface area contributed by atoms with Crippen molar-refractivity contribution in [3.63, 3.8) is 0 Å². The van der Waals surface area contributed by atoms with Crippen molar-refractivity contribution in [3.8, 4) is 0 Å². The van der Waals surface area contributed by atoms with Gasteiger partial charge in [0.15, 0.2) is 0 Å². The lowest BCUT2D eigenvalue weighted by molar-refractivity contribution is -0.130. The molecule has 3 heterocycles. The molecule has 13 heavy (non-hydrogen) atoms. The van der Waals surface area contributed by atoms with E-state index in [-0.39, 0.29) is 5.41 Å². The minimum atomic E-state index is 0.0133. The Labute approximate surface area is 78.5 Å². The Morgan fingerprint density at radius 2 is 2.46 bits per heavy atom. The van der Waals surface area contributed by atoms with Crippen molar-refractivity contribution >= 4 is 5.91 Å². The van der Waals surface area contributed by atoms with Gasteiger partial charge in [0.1, 0.15) is 0 Å². The van der Waals surface area contributed by atoms with E-state index in [0.717, 1.165) is 31.8 Å². The Hall–Kier alpha value is -0.570. The average molecular weight is 180 g/mol. The van der Waals surface area contributed by atoms with Crippen LogP contribution in [-0.4, -0.2) is 37.0 Å². The highest BCUT2D eigenvalue weighted by Crippen LogP contribution is 2.42. The first-order valence-corrected chi connectivity index (χ1v) is 5.29. The first-order chi connectivity index (χ1) is 6.28. The first-order valence-electron chi connectivity index (χ1n) is 5.29. The number of hydrogen-bond donors (Lipinski definition) is 1. The molecule has 3 saturated heterocycles. The molecule has 0 aliphatic carbocycles. The van der Waals surface area contributed by atoms with Crippen LogP contribution in [0.2, 0.25) is 0 Å². The second-order valence-electron chi connectivity index (χ2n) is 4.88. The maximum atomic E-state index is 11.7. The fourth-order valence-corrected chi connectivity index (χ4v) is 3.33. The molecule has 1 amide bonds. The summed E-state index contributed by atoms with van der Waals surface area (Å²) in [6.45, 7) is 4.39. The van der Waals surface area contributed by atoms with Gasteiger partial charge in [-0.15, -0.1) is 0 Å². The highest BCUT2D eigenvalue weighted by atomic mass is 16.2. The maximum absolute atomic E-state index is 11.7. The second kappa shape index (κ2) is 2.47. The quantitative estimate of drug-likeness (QED) is 0.578. The predicted octanol–water partition coefficient (Wildman–Crippen LogP) is 0.218. The second-order valence-corrected chi connectivity index (χ2v) is 4.88. The van der Waals surface area contributed by atoms with Gasteiger partial charge in [0.2, 0.25) is 5.91 Å². The third kappa shape index (κ3) is 1.03. The summed E-state index contributed by atoms with van der Waals surface area (Å²) in [6.07, 6.45) is 3.53. The molecule has 0 aromatic heterocycles. The van der Waals surface area contributed by atoms with Crippen molar-refractivity contribution in [3.05, 3.63) is 0 Å². The summed E-state index contributed by atoms with van der Waals surface area (Å²) >= 11 is 0. The molecule has 72 valence electrons. The molecule has 3 fully saturated rings. The van der Waals surface area contributed by atoms with E-state index in [1.807, 2.05) is 0 Å². The summed E-state index contributed by atoms with van der Waals surface area (Å²) in [5.74, 6) is 1.13. The monoisotopic (exact) mass is 180 g/mol. The number of nitrogens with one attached hydrogen (secondary N) is 1. The Bertz CT molecular complexity index is 239. The maximum Gasteiger partial charge on any atom is 0.227 e. The standard InChI is InChI=1S/C10H16N2O/c13-9-10(2-3-11-9)5-8-1-4-12(6-8)7-10/h8H,1-7H2,(H,11,13). The van der Waals surface area contributed by atoms with Crippen LogP contribution in [0.5, 0.6) is 0 Å². The number of hydrogen-bond acceptors (Lipinski definition) is 2. The van der Waals surface area contributed by atoms with Gasteiger partial charge in [-0.25, -0.2) is 0 Å². The van der Waals surface area contributed by atoms with E-state index in [1.54, 1.807) is 0 Å². The topological polar surface area (TPSA) is 32.3 Å². The van der Waals surface area contributed by atoms with E-state index in [1.165, 1.54) is 19.5 Å². The molecule has 0 aromatic carbocycles. The Morgan fingerprint density at radius 3 is 3.15 bits per heavy atom. The molecule has 3 nitrogen and oxygen atoms in total. The van der Waals surface area contributed by atoms with Crippen molar-refractivity contribution < 1.29 is 4.79 Å². The van der Waals surface area contributed by atoms with E-state index in [9.17, 15) is 4.79 Å². The van der Waals surface area contributed by atoms with E-state index >= 15 is 0 Å². The molecule has 1 spiro atoms. The fourth-order valence-electron chi connectivity index (χ4n) is 3.33. The first kappa shape index (κ1) is 7.80. The van der Waals surface area contributed by atoms with Crippen molar-refractivity contribution in [1.82, 2.24) is 10.2 Å². The van der Waals surface area contributed by atoms with Crippen molar-refractivity contribution in [1.29, 1.82) is 0 Å². The molecule has 3 rings (SSSR count). The van der Waals surface area contributed by atoms with Gasteiger partial charge in [0, 0.05) is 19.6 Å². The van der Waals surface area contributed by atoms with Gasteiger partial charge in [0.25, 0.3) is 0 Å². The highest BCUT2D eigenvalue weighted by Gasteiger charge is 2.49. The van der Waals surface area contributed by atoms with Crippen molar-refractivity contribution in [2.24, 2.45) is 11.3 Å². The third-order valence-electron chi connectivity index (χ3n) is 3.95. The zero-order valence-corrected chi connectivity index (χ0v) is 7.88. The van der Waals surface area contributed by atoms with Crippen molar-refractivity contribution in [2.45, 2.75) is 19.3 Å². The zero-order valence-electron chi connectivity index (χ0n) is 7.88. The number of carbonyl (C=O) groups excluding carboxylic acids is 1. The van der Waals surface area contributed by atoms with Crippen LogP contribution in [0.1, 0.15) is 19.3 Å². The minimum absolute atomic E-state index is 0.0133. The summed E-state index contributed by atoms with van der Waals surface area (Å²) in [6, 6.07) is 0. The molecule has 1 N–H and O–H groups in total. The third-order valence-corrected chi connectivity index (χ3v) is 3.95. The minimum Gasteiger partial charge on any atom is -0.356 e. The fraction of sp³-hybridized carbons (Fsp3) is 0.900. The normalized spacial score (nSPS) is 48.5. The SMILES string of the molecule is O=C1NCCC12CC1CCN(C1)C2. The average Bonchev–Trinajstić information content (AvgIpc) is 2.60. The number of carbonyl (C=O) groups is 1. The molecular formula is C10H16N2O. The highest BCUT2D eigenvalue weighted by molar-refractivity contribution is 5.85. The van der Waals surface area contributed by atoms with Crippen molar-refractivity contribution in [2.75, 3.05) is 26.2 Å². The van der Waals surface area contributed by atoms with Gasteiger partial charge in [-0.2, -0.15) is 0 Å². The molecule has 3 heteroatoms. The Morgan fingerprint density at radius 1 is 1.54 bits per heavy atom. The molecular weight excluding hydrogens is 164 g/mol. The molecule has 0 aromatic rings. The Balaban J connectivity index is 1.88. The lowest BCUT2D eigenvalue weighted by Gasteiger charge is -2.36. The van der Waals surface area contributed by atoms with E-state index in [4.69, 9.17) is 0 Å². The van der Waals surface area contributed by atoms with Crippen LogP contribution < -0.4 is 5.32 Å². The smallest absolute Gasteiger partial charge is 0.227 e. The molecule has 2 bridgehead atoms. The molecule has 0 radical (unpaired) electrons. The molecule has 3 unspecified atom stereocenters. The predicted molar refractivity (Wildman–Crippen MR) is 49.2 cm³/mol. The summed E-state index contributed by atoms with van der Waals surface area (Å²) in [7, 11) is 0. The summed E-state index contributed by atoms with van der Waals surface area (Å²) in [4.78, 5) is 14.2. The summed E-state index contributed by atoms with van der Waals surface area (Å²) < 4.78 is 0. The van der Waals surface area contributed by atoms with Gasteiger partial charge < -0.3 is 10.2 Å². The van der Waals surface area contributed by atoms with E-state index < -0.39 is 0 Å².